The zero-order valence-corrected chi connectivity index (χ0v) is 31.0. The van der Waals surface area contributed by atoms with Crippen LogP contribution in [0.4, 0.5) is 0 Å². The van der Waals surface area contributed by atoms with Crippen LogP contribution in [0.5, 0.6) is 0 Å². The lowest BCUT2D eigenvalue weighted by Gasteiger charge is -2.50. The molecule has 52 heavy (non-hydrogen) atoms. The minimum absolute atomic E-state index is 0.00166. The topological polar surface area (TPSA) is 142 Å². The second kappa shape index (κ2) is 15.8. The standard InChI is InChI=1S/C41H53NO10/c1-7-33-24(2)18-19-40(52-33)22-31-21-30(51-40)17-16-26(4)36(50-39(45)34(42-47-6)28-13-9-8-10-14-28)25(3)12-11-15-29-23-48-37-35(43)27(5)20-32(38(44)49-31)41(29,37)46/h8-16,20,24-25,30-33,35-37,43,46H,7,17-19,21-23H2,1-6H3/b12-11+,26-16+,29-15+,42-34+/t24-,25-,30+,31-,32-,33+,35+,36+,37?,40?,41+/m0/s1. The van der Waals surface area contributed by atoms with Gasteiger partial charge in [-0.15, -0.1) is 0 Å². The molecule has 3 fully saturated rings. The molecule has 2 bridgehead atoms. The van der Waals surface area contributed by atoms with Crippen molar-refractivity contribution in [2.45, 2.75) is 121 Å². The molecule has 4 aliphatic heterocycles. The first-order chi connectivity index (χ1) is 24.9. The normalized spacial score (nSPS) is 41.0. The van der Waals surface area contributed by atoms with Crippen LogP contribution in [0.25, 0.3) is 0 Å². The molecule has 3 saturated heterocycles. The van der Waals surface area contributed by atoms with Crippen LogP contribution in [0.15, 0.2) is 82.6 Å². The maximum Gasteiger partial charge on any atom is 0.361 e. The number of ether oxygens (including phenoxy) is 5. The molecule has 4 heterocycles. The van der Waals surface area contributed by atoms with Crippen molar-refractivity contribution in [2.24, 2.45) is 22.9 Å². The Balaban J connectivity index is 1.39. The molecule has 2 unspecified atom stereocenters. The fraction of sp³-hybridized carbons (Fsp3) is 0.585. The summed E-state index contributed by atoms with van der Waals surface area (Å²) in [5, 5.41) is 27.4. The van der Waals surface area contributed by atoms with Crippen molar-refractivity contribution >= 4 is 17.7 Å². The summed E-state index contributed by atoms with van der Waals surface area (Å²) < 4.78 is 32.0. The van der Waals surface area contributed by atoms with Crippen molar-refractivity contribution in [3.05, 3.63) is 83.0 Å². The third kappa shape index (κ3) is 7.57. The van der Waals surface area contributed by atoms with Crippen LogP contribution in [0.3, 0.4) is 0 Å². The fourth-order valence-corrected chi connectivity index (χ4v) is 8.43. The van der Waals surface area contributed by atoms with Crippen LogP contribution >= 0.6 is 0 Å². The Hall–Kier alpha value is -3.61. The number of esters is 2. The van der Waals surface area contributed by atoms with E-state index in [-0.39, 0.29) is 30.4 Å². The van der Waals surface area contributed by atoms with E-state index in [9.17, 15) is 19.8 Å². The third-order valence-electron chi connectivity index (χ3n) is 11.4. The number of carbonyl (C=O) groups is 2. The Morgan fingerprint density at radius 3 is 2.60 bits per heavy atom. The van der Waals surface area contributed by atoms with Gasteiger partial charge >= 0.3 is 11.9 Å². The zero-order chi connectivity index (χ0) is 37.2. The van der Waals surface area contributed by atoms with Crippen molar-refractivity contribution < 1.29 is 48.3 Å². The summed E-state index contributed by atoms with van der Waals surface area (Å²) in [5.41, 5.74) is 0.535. The van der Waals surface area contributed by atoms with Crippen molar-refractivity contribution in [3.8, 4) is 0 Å². The van der Waals surface area contributed by atoms with Gasteiger partial charge < -0.3 is 38.7 Å². The van der Waals surface area contributed by atoms with Crippen molar-refractivity contribution in [1.29, 1.82) is 0 Å². The lowest BCUT2D eigenvalue weighted by molar-refractivity contribution is -0.335. The summed E-state index contributed by atoms with van der Waals surface area (Å²) in [5.74, 6) is -3.24. The molecule has 1 aromatic rings. The Morgan fingerprint density at radius 1 is 1.10 bits per heavy atom. The molecule has 1 aliphatic carbocycles. The van der Waals surface area contributed by atoms with Gasteiger partial charge in [0.05, 0.1) is 18.8 Å². The number of allylic oxidation sites excluding steroid dienone is 2. The maximum atomic E-state index is 14.1. The smallest absolute Gasteiger partial charge is 0.361 e. The van der Waals surface area contributed by atoms with E-state index in [2.05, 4.69) is 19.0 Å². The molecule has 11 heteroatoms. The number of hydrogen-bond donors (Lipinski definition) is 2. The Kier molecular flexibility index (Phi) is 11.6. The lowest BCUT2D eigenvalue weighted by atomic mass is 9.71. The number of aliphatic hydroxyl groups is 2. The van der Waals surface area contributed by atoms with Crippen molar-refractivity contribution in [3.63, 3.8) is 0 Å². The highest BCUT2D eigenvalue weighted by atomic mass is 16.7. The number of hydrogen-bond acceptors (Lipinski definition) is 11. The van der Waals surface area contributed by atoms with Gasteiger partial charge in [-0.05, 0) is 55.7 Å². The number of benzene rings is 1. The molecular formula is C41H53NO10. The summed E-state index contributed by atoms with van der Waals surface area (Å²) >= 11 is 0. The van der Waals surface area contributed by atoms with E-state index >= 15 is 0 Å². The quantitative estimate of drug-likeness (QED) is 0.174. The molecule has 11 nitrogen and oxygen atoms in total. The third-order valence-corrected chi connectivity index (χ3v) is 11.4. The highest BCUT2D eigenvalue weighted by Gasteiger charge is 2.60. The summed E-state index contributed by atoms with van der Waals surface area (Å²) in [6.07, 6.45) is 8.81. The molecule has 0 amide bonds. The highest BCUT2D eigenvalue weighted by Crippen LogP contribution is 2.47. The molecule has 6 rings (SSSR count). The number of fused-ring (bicyclic) bond motifs is 2. The van der Waals surface area contributed by atoms with Crippen LogP contribution in [0, 0.1) is 17.8 Å². The molecule has 1 spiro atoms. The predicted octanol–water partition coefficient (Wildman–Crippen LogP) is 5.50. The molecule has 0 radical (unpaired) electrons. The van der Waals surface area contributed by atoms with Gasteiger partial charge in [0.25, 0.3) is 0 Å². The van der Waals surface area contributed by atoms with Gasteiger partial charge in [-0.25, -0.2) is 4.79 Å². The first-order valence-corrected chi connectivity index (χ1v) is 18.6. The van der Waals surface area contributed by atoms with Crippen LogP contribution < -0.4 is 0 Å². The average Bonchev–Trinajstić information content (AvgIpc) is 3.47. The highest BCUT2D eigenvalue weighted by molar-refractivity contribution is 6.43. The minimum atomic E-state index is -1.84. The zero-order valence-electron chi connectivity index (χ0n) is 31.0. The van der Waals surface area contributed by atoms with Gasteiger partial charge in [0.15, 0.2) is 11.5 Å². The van der Waals surface area contributed by atoms with Gasteiger partial charge in [0.1, 0.15) is 43.0 Å². The number of aliphatic hydroxyl groups excluding tert-OH is 1. The van der Waals surface area contributed by atoms with E-state index in [1.807, 2.05) is 44.2 Å². The van der Waals surface area contributed by atoms with Crippen LogP contribution in [0.2, 0.25) is 0 Å². The molecular weight excluding hydrogens is 666 g/mol. The Morgan fingerprint density at radius 2 is 1.87 bits per heavy atom. The van der Waals surface area contributed by atoms with E-state index in [0.717, 1.165) is 18.4 Å². The monoisotopic (exact) mass is 719 g/mol. The van der Waals surface area contributed by atoms with Crippen molar-refractivity contribution in [2.75, 3.05) is 13.7 Å². The van der Waals surface area contributed by atoms with E-state index < -0.39 is 53.7 Å². The summed E-state index contributed by atoms with van der Waals surface area (Å²) in [6.45, 7) is 9.88. The number of carbonyl (C=O) groups excluding carboxylic acids is 2. The largest absolute Gasteiger partial charge is 0.462 e. The average molecular weight is 720 g/mol. The van der Waals surface area contributed by atoms with Crippen LogP contribution in [-0.2, 0) is 38.1 Å². The van der Waals surface area contributed by atoms with Gasteiger partial charge in [-0.3, -0.25) is 4.79 Å². The molecule has 5 aliphatic rings. The summed E-state index contributed by atoms with van der Waals surface area (Å²) in [6, 6.07) is 9.00. The SMILES string of the molecule is CC[C@H]1OC2(CC[C@@H]1C)C[C@@H]1C[C@@H](C/C=C(\C)[C@H](OC(=O)/C(=N/OC)c3ccccc3)[C@@H](C)/C=C/C=C3\COC4[C@H](O)C(C)=C[C@@H](C(=O)O1)[C@]34O)O2. The number of oxime groups is 1. The second-order valence-electron chi connectivity index (χ2n) is 15.1. The second-order valence-corrected chi connectivity index (χ2v) is 15.1. The van der Waals surface area contributed by atoms with Crippen LogP contribution in [0.1, 0.15) is 78.7 Å². The molecule has 0 saturated carbocycles. The molecule has 1 aromatic carbocycles. The maximum absolute atomic E-state index is 14.1. The van der Waals surface area contributed by atoms with Gasteiger partial charge in [-0.1, -0.05) is 86.6 Å². The lowest BCUT2D eigenvalue weighted by Crippen LogP contribution is -2.58. The molecule has 0 aromatic heterocycles. The fourth-order valence-electron chi connectivity index (χ4n) is 8.43. The Labute approximate surface area is 306 Å². The molecule has 282 valence electrons. The molecule has 11 atom stereocenters. The summed E-state index contributed by atoms with van der Waals surface area (Å²) in [4.78, 5) is 32.9. The van der Waals surface area contributed by atoms with Gasteiger partial charge in [-0.2, -0.15) is 0 Å². The molecule has 2 N–H and O–H groups in total. The van der Waals surface area contributed by atoms with E-state index in [4.69, 9.17) is 28.5 Å². The van der Waals surface area contributed by atoms with Gasteiger partial charge in [0.2, 0.25) is 0 Å². The number of rotatable bonds is 5. The van der Waals surface area contributed by atoms with E-state index in [1.54, 1.807) is 37.3 Å². The minimum Gasteiger partial charge on any atom is -0.462 e. The predicted molar refractivity (Wildman–Crippen MR) is 193 cm³/mol. The first kappa shape index (κ1) is 38.1. The number of nitrogens with zero attached hydrogens (tertiary/aromatic N) is 1. The first-order valence-electron chi connectivity index (χ1n) is 18.6. The Bertz CT molecular complexity index is 1630. The van der Waals surface area contributed by atoms with Crippen molar-refractivity contribution in [1.82, 2.24) is 0 Å². The van der Waals surface area contributed by atoms with E-state index in [1.165, 1.54) is 7.11 Å². The van der Waals surface area contributed by atoms with E-state index in [0.29, 0.717) is 48.3 Å². The van der Waals surface area contributed by atoms with Crippen LogP contribution in [-0.4, -0.2) is 89.6 Å². The van der Waals surface area contributed by atoms with Gasteiger partial charge in [0, 0.05) is 30.7 Å². The summed E-state index contributed by atoms with van der Waals surface area (Å²) in [7, 11) is 1.38.